The molecule has 1 aliphatic rings. The Kier molecular flexibility index (Phi) is 3.33. The first-order valence-corrected chi connectivity index (χ1v) is 5.78. The molecule has 1 aromatic rings. The molecule has 2 N–H and O–H groups in total. The summed E-state index contributed by atoms with van der Waals surface area (Å²) >= 11 is 0. The van der Waals surface area contributed by atoms with E-state index >= 15 is 0 Å². The van der Waals surface area contributed by atoms with Crippen LogP contribution in [0.25, 0.3) is 0 Å². The predicted molar refractivity (Wildman–Crippen MR) is 64.1 cm³/mol. The molecule has 0 unspecified atom stereocenters. The number of carbonyl (C=O) groups excluding carboxylic acids is 1. The number of hydrogen-bond donors (Lipinski definition) is 2. The van der Waals surface area contributed by atoms with Gasteiger partial charge in [0.2, 0.25) is 0 Å². The van der Waals surface area contributed by atoms with Crippen LogP contribution in [0.15, 0.2) is 24.3 Å². The molecule has 0 bridgehead atoms. The number of carbonyl (C=O) groups is 1. The van der Waals surface area contributed by atoms with Crippen molar-refractivity contribution in [1.29, 1.82) is 0 Å². The molecule has 1 saturated carbocycles. The van der Waals surface area contributed by atoms with Crippen LogP contribution in [-0.4, -0.2) is 30.3 Å². The quantitative estimate of drug-likeness (QED) is 0.828. The lowest BCUT2D eigenvalue weighted by atomic mass is 9.80. The number of hydrogen-bond acceptors (Lipinski definition) is 3. The van der Waals surface area contributed by atoms with Gasteiger partial charge in [0.25, 0.3) is 5.91 Å². The van der Waals surface area contributed by atoms with Gasteiger partial charge >= 0.3 is 0 Å². The summed E-state index contributed by atoms with van der Waals surface area (Å²) in [4.78, 5) is 11.9. The van der Waals surface area contributed by atoms with E-state index in [1.807, 2.05) is 6.07 Å². The number of rotatable bonds is 4. The van der Waals surface area contributed by atoms with Gasteiger partial charge in [-0.3, -0.25) is 4.79 Å². The average molecular weight is 235 g/mol. The van der Waals surface area contributed by atoms with E-state index in [4.69, 9.17) is 4.74 Å². The van der Waals surface area contributed by atoms with E-state index in [2.05, 4.69) is 5.32 Å². The predicted octanol–water partition coefficient (Wildman–Crippen LogP) is 1.34. The summed E-state index contributed by atoms with van der Waals surface area (Å²) in [5, 5.41) is 12.6. The van der Waals surface area contributed by atoms with Crippen LogP contribution >= 0.6 is 0 Å². The molecule has 17 heavy (non-hydrogen) atoms. The Labute approximate surface area is 101 Å². The van der Waals surface area contributed by atoms with Crippen molar-refractivity contribution < 1.29 is 14.6 Å². The highest BCUT2D eigenvalue weighted by Gasteiger charge is 2.34. The highest BCUT2D eigenvalue weighted by atomic mass is 16.5. The Hall–Kier alpha value is -1.55. The number of methoxy groups -OCH3 is 1. The normalized spacial score (nSPS) is 17.1. The zero-order valence-electron chi connectivity index (χ0n) is 9.90. The van der Waals surface area contributed by atoms with Crippen LogP contribution in [0.4, 0.5) is 0 Å². The summed E-state index contributed by atoms with van der Waals surface area (Å²) in [6, 6.07) is 7.05. The molecule has 0 spiro atoms. The van der Waals surface area contributed by atoms with Crippen LogP contribution < -0.4 is 10.1 Å². The van der Waals surface area contributed by atoms with E-state index in [9.17, 15) is 9.90 Å². The van der Waals surface area contributed by atoms with Crippen molar-refractivity contribution in [3.63, 3.8) is 0 Å². The van der Waals surface area contributed by atoms with Crippen LogP contribution in [-0.2, 0) is 0 Å². The van der Waals surface area contributed by atoms with Crippen molar-refractivity contribution >= 4 is 5.91 Å². The van der Waals surface area contributed by atoms with Crippen LogP contribution in [0, 0.1) is 0 Å². The summed E-state index contributed by atoms with van der Waals surface area (Å²) in [7, 11) is 1.53. The van der Waals surface area contributed by atoms with E-state index in [-0.39, 0.29) is 5.91 Å². The lowest BCUT2D eigenvalue weighted by molar-refractivity contribution is -0.0300. The Morgan fingerprint density at radius 2 is 2.18 bits per heavy atom. The molecular formula is C13H17NO3. The van der Waals surface area contributed by atoms with Gasteiger partial charge < -0.3 is 15.2 Å². The minimum Gasteiger partial charge on any atom is -0.496 e. The number of benzene rings is 1. The topological polar surface area (TPSA) is 58.6 Å². The number of para-hydroxylation sites is 1. The molecule has 4 heteroatoms. The molecule has 0 heterocycles. The SMILES string of the molecule is COc1ccccc1C(=O)NCC1(O)CCC1. The van der Waals surface area contributed by atoms with Crippen molar-refractivity contribution in [1.82, 2.24) is 5.32 Å². The summed E-state index contributed by atoms with van der Waals surface area (Å²) in [5.74, 6) is 0.341. The summed E-state index contributed by atoms with van der Waals surface area (Å²) in [5.41, 5.74) is -0.199. The number of amides is 1. The van der Waals surface area contributed by atoms with Gasteiger partial charge in [-0.05, 0) is 31.4 Å². The van der Waals surface area contributed by atoms with Crippen molar-refractivity contribution in [3.05, 3.63) is 29.8 Å². The van der Waals surface area contributed by atoms with Crippen molar-refractivity contribution in [2.24, 2.45) is 0 Å². The molecule has 2 rings (SSSR count). The summed E-state index contributed by atoms with van der Waals surface area (Å²) < 4.78 is 5.12. The largest absolute Gasteiger partial charge is 0.496 e. The second kappa shape index (κ2) is 4.75. The van der Waals surface area contributed by atoms with Crippen molar-refractivity contribution in [3.8, 4) is 5.75 Å². The van der Waals surface area contributed by atoms with E-state index in [1.54, 1.807) is 18.2 Å². The first kappa shape index (κ1) is 11.9. The highest BCUT2D eigenvalue weighted by Crippen LogP contribution is 2.30. The zero-order valence-corrected chi connectivity index (χ0v) is 9.90. The Bertz CT molecular complexity index is 413. The fourth-order valence-corrected chi connectivity index (χ4v) is 1.93. The number of aliphatic hydroxyl groups is 1. The first-order valence-electron chi connectivity index (χ1n) is 5.78. The summed E-state index contributed by atoms with van der Waals surface area (Å²) in [6.07, 6.45) is 2.55. The van der Waals surface area contributed by atoms with Gasteiger partial charge in [-0.25, -0.2) is 0 Å². The summed E-state index contributed by atoms with van der Waals surface area (Å²) in [6.45, 7) is 0.309. The van der Waals surface area contributed by atoms with E-state index in [0.29, 0.717) is 17.9 Å². The molecule has 0 aliphatic heterocycles. The maximum atomic E-state index is 11.9. The fourth-order valence-electron chi connectivity index (χ4n) is 1.93. The average Bonchev–Trinajstić information content (AvgIpc) is 2.33. The molecule has 0 aromatic heterocycles. The van der Waals surface area contributed by atoms with Crippen molar-refractivity contribution in [2.75, 3.05) is 13.7 Å². The molecule has 1 amide bonds. The van der Waals surface area contributed by atoms with Crippen LogP contribution in [0.3, 0.4) is 0 Å². The molecule has 1 aliphatic carbocycles. The lowest BCUT2D eigenvalue weighted by Crippen LogP contribution is -2.47. The third kappa shape index (κ3) is 2.58. The van der Waals surface area contributed by atoms with Gasteiger partial charge in [-0.15, -0.1) is 0 Å². The van der Waals surface area contributed by atoms with Gasteiger partial charge in [0.05, 0.1) is 18.3 Å². The van der Waals surface area contributed by atoms with E-state index in [1.165, 1.54) is 7.11 Å². The molecular weight excluding hydrogens is 218 g/mol. The zero-order chi connectivity index (χ0) is 12.3. The van der Waals surface area contributed by atoms with Gasteiger partial charge in [-0.2, -0.15) is 0 Å². The van der Waals surface area contributed by atoms with Gasteiger partial charge in [0.15, 0.2) is 0 Å². The van der Waals surface area contributed by atoms with Crippen LogP contribution in [0.5, 0.6) is 5.75 Å². The lowest BCUT2D eigenvalue weighted by Gasteiger charge is -2.36. The second-order valence-corrected chi connectivity index (χ2v) is 4.46. The maximum absolute atomic E-state index is 11.9. The van der Waals surface area contributed by atoms with Gasteiger partial charge in [0.1, 0.15) is 5.75 Å². The molecule has 0 saturated heterocycles. The van der Waals surface area contributed by atoms with Crippen LogP contribution in [0.2, 0.25) is 0 Å². The third-order valence-electron chi connectivity index (χ3n) is 3.21. The van der Waals surface area contributed by atoms with Gasteiger partial charge in [-0.1, -0.05) is 12.1 Å². The first-order chi connectivity index (χ1) is 8.14. The van der Waals surface area contributed by atoms with Crippen LogP contribution in [0.1, 0.15) is 29.6 Å². The Balaban J connectivity index is 1.99. The molecule has 1 aromatic carbocycles. The number of nitrogens with one attached hydrogen (secondary N) is 1. The minimum absolute atomic E-state index is 0.206. The second-order valence-electron chi connectivity index (χ2n) is 4.46. The van der Waals surface area contributed by atoms with Gasteiger partial charge in [0, 0.05) is 6.54 Å². The Morgan fingerprint density at radius 1 is 1.47 bits per heavy atom. The third-order valence-corrected chi connectivity index (χ3v) is 3.21. The molecule has 0 radical (unpaired) electrons. The molecule has 92 valence electrons. The standard InChI is InChI=1S/C13H17NO3/c1-17-11-6-3-2-5-10(11)12(15)14-9-13(16)7-4-8-13/h2-3,5-6,16H,4,7-9H2,1H3,(H,14,15). The molecule has 4 nitrogen and oxygen atoms in total. The van der Waals surface area contributed by atoms with E-state index in [0.717, 1.165) is 19.3 Å². The van der Waals surface area contributed by atoms with Crippen molar-refractivity contribution in [2.45, 2.75) is 24.9 Å². The smallest absolute Gasteiger partial charge is 0.255 e. The monoisotopic (exact) mass is 235 g/mol. The number of ether oxygens (including phenoxy) is 1. The molecule has 1 fully saturated rings. The maximum Gasteiger partial charge on any atom is 0.255 e. The minimum atomic E-state index is -0.697. The Morgan fingerprint density at radius 3 is 2.76 bits per heavy atom. The highest BCUT2D eigenvalue weighted by molar-refractivity contribution is 5.96. The fraction of sp³-hybridized carbons (Fsp3) is 0.462. The molecule has 0 atom stereocenters. The van der Waals surface area contributed by atoms with E-state index < -0.39 is 5.60 Å².